The summed E-state index contributed by atoms with van der Waals surface area (Å²) < 4.78 is 22.2. The van der Waals surface area contributed by atoms with E-state index < -0.39 is 11.9 Å². The fraction of sp³-hybridized carbons (Fsp3) is 0.326. The van der Waals surface area contributed by atoms with Gasteiger partial charge in [-0.15, -0.1) is 0 Å². The number of hydrazone groups is 1. The molecule has 1 N–H and O–H groups in total. The molecule has 1 aliphatic rings. The minimum Gasteiger partial charge on any atom is -0.507 e. The number of phenolic OH excluding ortho intramolecular Hbond substituents is 1. The maximum absolute atomic E-state index is 13.2. The van der Waals surface area contributed by atoms with Crippen molar-refractivity contribution in [3.63, 3.8) is 0 Å². The molecule has 4 rings (SSSR count). The molecule has 0 aliphatic heterocycles. The second-order valence-corrected chi connectivity index (χ2v) is 13.7. The number of unbranched alkanes of at least 4 members (excludes halogenated alkanes) is 3. The van der Waals surface area contributed by atoms with Gasteiger partial charge < -0.3 is 24.1 Å². The number of phenols is 1. The highest BCUT2D eigenvalue weighted by Gasteiger charge is 2.32. The quantitative estimate of drug-likeness (QED) is 0.0185. The highest BCUT2D eigenvalue weighted by Crippen LogP contribution is 2.32. The lowest BCUT2D eigenvalue weighted by Crippen LogP contribution is -2.30. The summed E-state index contributed by atoms with van der Waals surface area (Å²) in [6.07, 6.45) is 11.5. The molecule has 0 bridgehead atoms. The van der Waals surface area contributed by atoms with E-state index in [-0.39, 0.29) is 29.3 Å². The number of allylic oxidation sites excluding steroid dienone is 3. The summed E-state index contributed by atoms with van der Waals surface area (Å²) in [5.41, 5.74) is 3.61. The van der Waals surface area contributed by atoms with E-state index in [4.69, 9.17) is 29.0 Å². The first-order valence-electron chi connectivity index (χ1n) is 19.2. The number of nitrogens with zero attached hydrogens (tertiary/aromatic N) is 3. The van der Waals surface area contributed by atoms with Crippen LogP contribution in [0.2, 0.25) is 0 Å². The van der Waals surface area contributed by atoms with Crippen molar-refractivity contribution in [2.24, 2.45) is 21.9 Å². The summed E-state index contributed by atoms with van der Waals surface area (Å²) in [4.78, 5) is 42.0. The van der Waals surface area contributed by atoms with Crippen LogP contribution in [0.1, 0.15) is 76.3 Å². The van der Waals surface area contributed by atoms with Gasteiger partial charge in [0.2, 0.25) is 0 Å². The second-order valence-electron chi connectivity index (χ2n) is 13.7. The van der Waals surface area contributed by atoms with Crippen LogP contribution in [-0.2, 0) is 19.1 Å². The summed E-state index contributed by atoms with van der Waals surface area (Å²) in [5, 5.41) is 17.1. The van der Waals surface area contributed by atoms with Crippen molar-refractivity contribution in [2.45, 2.75) is 72.1 Å². The first-order valence-corrected chi connectivity index (χ1v) is 19.2. The van der Waals surface area contributed by atoms with Crippen LogP contribution in [0.4, 0.5) is 5.69 Å². The minimum atomic E-state index is -0.404. The van der Waals surface area contributed by atoms with E-state index in [1.807, 2.05) is 45.0 Å². The SMILES string of the molecule is C=CC(=O)OCCCCCCOc1ccc(OC(=O)C2CCC(C(=O)Oc3ccc(O)c(/C=N/N(C(C)=N/C(C=C)=C(\C)C=C)c4ccccc4C)c3)CC2)cc1. The van der Waals surface area contributed by atoms with E-state index in [1.54, 1.807) is 47.5 Å². The van der Waals surface area contributed by atoms with Crippen molar-refractivity contribution < 1.29 is 38.4 Å². The molecule has 57 heavy (non-hydrogen) atoms. The average molecular weight is 776 g/mol. The van der Waals surface area contributed by atoms with Gasteiger partial charge in [-0.05, 0) is 138 Å². The van der Waals surface area contributed by atoms with Crippen LogP contribution in [-0.4, -0.2) is 48.3 Å². The molecule has 0 unspecified atom stereocenters. The van der Waals surface area contributed by atoms with Gasteiger partial charge in [-0.2, -0.15) is 5.10 Å². The highest BCUT2D eigenvalue weighted by molar-refractivity contribution is 5.99. The zero-order valence-corrected chi connectivity index (χ0v) is 33.2. The monoisotopic (exact) mass is 775 g/mol. The normalized spacial score (nSPS) is 15.9. The van der Waals surface area contributed by atoms with Crippen LogP contribution in [0.3, 0.4) is 0 Å². The van der Waals surface area contributed by atoms with Crippen LogP contribution >= 0.6 is 0 Å². The number of carbonyl (C=O) groups is 3. The molecule has 300 valence electrons. The smallest absolute Gasteiger partial charge is 0.330 e. The molecule has 0 radical (unpaired) electrons. The van der Waals surface area contributed by atoms with Gasteiger partial charge in [0.25, 0.3) is 0 Å². The topological polar surface area (TPSA) is 136 Å². The maximum atomic E-state index is 13.2. The number of carbonyl (C=O) groups excluding carboxylic acids is 3. The predicted octanol–water partition coefficient (Wildman–Crippen LogP) is 9.59. The number of aromatic hydroxyl groups is 1. The number of amidine groups is 1. The number of para-hydroxylation sites is 1. The highest BCUT2D eigenvalue weighted by atomic mass is 16.5. The Morgan fingerprint density at radius 2 is 1.37 bits per heavy atom. The van der Waals surface area contributed by atoms with E-state index in [1.165, 1.54) is 18.3 Å². The largest absolute Gasteiger partial charge is 0.507 e. The summed E-state index contributed by atoms with van der Waals surface area (Å²) in [7, 11) is 0. The Morgan fingerprint density at radius 1 is 0.772 bits per heavy atom. The van der Waals surface area contributed by atoms with Crippen molar-refractivity contribution in [3.8, 4) is 23.0 Å². The molecule has 0 aromatic heterocycles. The Balaban J connectivity index is 1.28. The summed E-state index contributed by atoms with van der Waals surface area (Å²) in [6, 6.07) is 19.2. The Morgan fingerprint density at radius 3 is 1.98 bits per heavy atom. The number of hydrogen-bond donors (Lipinski definition) is 1. The Hall–Kier alpha value is -6.23. The van der Waals surface area contributed by atoms with Crippen LogP contribution < -0.4 is 19.2 Å². The van der Waals surface area contributed by atoms with Gasteiger partial charge in [0.15, 0.2) is 0 Å². The van der Waals surface area contributed by atoms with Crippen LogP contribution in [0.15, 0.2) is 126 Å². The number of aryl methyl sites for hydroxylation is 1. The van der Waals surface area contributed by atoms with Gasteiger partial charge in [-0.3, -0.25) is 9.59 Å². The lowest BCUT2D eigenvalue weighted by molar-refractivity contribution is -0.145. The van der Waals surface area contributed by atoms with E-state index in [9.17, 15) is 19.5 Å². The zero-order valence-electron chi connectivity index (χ0n) is 33.2. The van der Waals surface area contributed by atoms with Crippen molar-refractivity contribution in [3.05, 3.63) is 127 Å². The van der Waals surface area contributed by atoms with Gasteiger partial charge in [-0.25, -0.2) is 14.8 Å². The van der Waals surface area contributed by atoms with Crippen LogP contribution in [0.5, 0.6) is 23.0 Å². The lowest BCUT2D eigenvalue weighted by atomic mass is 9.82. The van der Waals surface area contributed by atoms with E-state index in [0.29, 0.717) is 67.5 Å². The molecular formula is C46H53N3O8. The van der Waals surface area contributed by atoms with Crippen molar-refractivity contribution >= 4 is 35.6 Å². The summed E-state index contributed by atoms with van der Waals surface area (Å²) in [5.74, 6) is 0.0559. The van der Waals surface area contributed by atoms with Crippen molar-refractivity contribution in [2.75, 3.05) is 18.2 Å². The molecule has 3 aromatic rings. The third kappa shape index (κ3) is 13.5. The van der Waals surface area contributed by atoms with Gasteiger partial charge in [0.05, 0.1) is 42.6 Å². The second kappa shape index (κ2) is 22.4. The Labute approximate surface area is 335 Å². The zero-order chi connectivity index (χ0) is 41.2. The third-order valence-electron chi connectivity index (χ3n) is 9.52. The molecule has 0 atom stereocenters. The van der Waals surface area contributed by atoms with Crippen LogP contribution in [0, 0.1) is 18.8 Å². The number of benzene rings is 3. The lowest BCUT2D eigenvalue weighted by Gasteiger charge is -2.25. The molecule has 1 aliphatic carbocycles. The number of aliphatic imine (C=N–C) groups is 1. The predicted molar refractivity (Wildman–Crippen MR) is 224 cm³/mol. The van der Waals surface area contributed by atoms with Crippen LogP contribution in [0.25, 0.3) is 0 Å². The van der Waals surface area contributed by atoms with Gasteiger partial charge in [0.1, 0.15) is 28.8 Å². The average Bonchev–Trinajstić information content (AvgIpc) is 3.22. The molecule has 0 amide bonds. The number of rotatable bonds is 19. The van der Waals surface area contributed by atoms with E-state index in [2.05, 4.69) is 19.7 Å². The van der Waals surface area contributed by atoms with Gasteiger partial charge in [-0.1, -0.05) is 44.0 Å². The number of hydrogen-bond acceptors (Lipinski definition) is 10. The molecule has 1 saturated carbocycles. The third-order valence-corrected chi connectivity index (χ3v) is 9.52. The summed E-state index contributed by atoms with van der Waals surface area (Å²) in [6.45, 7) is 17.7. The Kier molecular flexibility index (Phi) is 17.1. The molecule has 11 heteroatoms. The standard InChI is InChI=1S/C46H53N3O8/c1-7-32(4)41(8-2)48-34(6)49(42-17-13-12-16-33(42)5)47-31-37-30-40(26-27-43(37)50)57-46(53)36-20-18-35(19-21-36)45(52)56-39-24-22-38(23-25-39)54-28-14-10-11-15-29-55-44(51)9-3/h7-9,12-13,16-17,22-27,30-31,35-36,50H,1-3,10-11,14-15,18-21,28-29H2,4-6H3/b41-32+,47-31+,48-34?. The molecule has 0 saturated heterocycles. The molecular weight excluding hydrogens is 723 g/mol. The molecule has 3 aromatic carbocycles. The summed E-state index contributed by atoms with van der Waals surface area (Å²) >= 11 is 0. The molecule has 0 spiro atoms. The fourth-order valence-corrected chi connectivity index (χ4v) is 6.11. The van der Waals surface area contributed by atoms with Crippen molar-refractivity contribution in [1.82, 2.24) is 0 Å². The van der Waals surface area contributed by atoms with Crippen molar-refractivity contribution in [1.29, 1.82) is 0 Å². The molecule has 11 nitrogen and oxygen atoms in total. The van der Waals surface area contributed by atoms with E-state index >= 15 is 0 Å². The minimum absolute atomic E-state index is 0.0396. The molecule has 1 fully saturated rings. The first kappa shape index (κ1) is 43.5. The number of ether oxygens (including phenoxy) is 4. The van der Waals surface area contributed by atoms with E-state index in [0.717, 1.165) is 48.6 Å². The van der Waals surface area contributed by atoms with Gasteiger partial charge >= 0.3 is 17.9 Å². The Bertz CT molecular complexity index is 1970. The maximum Gasteiger partial charge on any atom is 0.330 e. The number of anilines is 1. The van der Waals surface area contributed by atoms with Gasteiger partial charge in [0, 0.05) is 11.6 Å². The first-order chi connectivity index (χ1) is 27.5. The molecule has 0 heterocycles. The number of esters is 3. The fourth-order valence-electron chi connectivity index (χ4n) is 6.11.